The molecule has 1 heterocycles. The van der Waals surface area contributed by atoms with Crippen molar-refractivity contribution in [2.75, 3.05) is 13.1 Å². The molecule has 3 rings (SSSR count). The first-order chi connectivity index (χ1) is 13.0. The lowest BCUT2D eigenvalue weighted by molar-refractivity contribution is -0.136. The Morgan fingerprint density at radius 3 is 2.44 bits per heavy atom. The molecule has 1 aliphatic heterocycles. The fourth-order valence-corrected chi connectivity index (χ4v) is 3.68. The number of aryl methyl sites for hydroxylation is 1. The smallest absolute Gasteiger partial charge is 0.229 e. The standard InChI is InChI=1S/C23H28N2O2/c1-17-7-6-8-19(15-17)16-24-22(26)21-11-13-25(14-12-21)23(27)18(2)20-9-4-3-5-10-20/h3-10,15,18,21H,11-14,16H2,1-2H3,(H,24,26). The van der Waals surface area contributed by atoms with Crippen LogP contribution in [0.2, 0.25) is 0 Å². The van der Waals surface area contributed by atoms with Gasteiger partial charge in [0.1, 0.15) is 0 Å². The summed E-state index contributed by atoms with van der Waals surface area (Å²) in [6.07, 6.45) is 1.46. The molecule has 1 aliphatic rings. The minimum Gasteiger partial charge on any atom is -0.352 e. The Morgan fingerprint density at radius 1 is 1.07 bits per heavy atom. The predicted molar refractivity (Wildman–Crippen MR) is 107 cm³/mol. The van der Waals surface area contributed by atoms with Crippen LogP contribution in [0.1, 0.15) is 42.4 Å². The second kappa shape index (κ2) is 8.85. The molecule has 0 bridgehead atoms. The highest BCUT2D eigenvalue weighted by molar-refractivity contribution is 5.84. The minimum absolute atomic E-state index is 0.00843. The third kappa shape index (κ3) is 4.97. The van der Waals surface area contributed by atoms with E-state index < -0.39 is 0 Å². The van der Waals surface area contributed by atoms with Crippen LogP contribution in [0, 0.1) is 12.8 Å². The van der Waals surface area contributed by atoms with Crippen molar-refractivity contribution in [3.63, 3.8) is 0 Å². The highest BCUT2D eigenvalue weighted by Crippen LogP contribution is 2.23. The highest BCUT2D eigenvalue weighted by Gasteiger charge is 2.29. The first-order valence-corrected chi connectivity index (χ1v) is 9.71. The number of carbonyl (C=O) groups excluding carboxylic acids is 2. The van der Waals surface area contributed by atoms with Crippen molar-refractivity contribution < 1.29 is 9.59 Å². The lowest BCUT2D eigenvalue weighted by atomic mass is 9.93. The summed E-state index contributed by atoms with van der Waals surface area (Å²) < 4.78 is 0. The van der Waals surface area contributed by atoms with Crippen LogP contribution in [-0.4, -0.2) is 29.8 Å². The number of hydrogen-bond acceptors (Lipinski definition) is 2. The molecular weight excluding hydrogens is 336 g/mol. The molecule has 1 fully saturated rings. The van der Waals surface area contributed by atoms with E-state index in [1.807, 2.05) is 54.3 Å². The minimum atomic E-state index is -0.141. The molecule has 27 heavy (non-hydrogen) atoms. The van der Waals surface area contributed by atoms with Gasteiger partial charge in [0.05, 0.1) is 5.92 Å². The summed E-state index contributed by atoms with van der Waals surface area (Å²) >= 11 is 0. The van der Waals surface area contributed by atoms with E-state index in [0.29, 0.717) is 19.6 Å². The molecular formula is C23H28N2O2. The number of amides is 2. The third-order valence-electron chi connectivity index (χ3n) is 5.40. The number of rotatable bonds is 5. The topological polar surface area (TPSA) is 49.4 Å². The van der Waals surface area contributed by atoms with Crippen molar-refractivity contribution in [3.05, 3.63) is 71.3 Å². The Kier molecular flexibility index (Phi) is 6.28. The van der Waals surface area contributed by atoms with Gasteiger partial charge in [-0.15, -0.1) is 0 Å². The van der Waals surface area contributed by atoms with E-state index in [2.05, 4.69) is 24.4 Å². The number of hydrogen-bond donors (Lipinski definition) is 1. The van der Waals surface area contributed by atoms with E-state index in [0.717, 1.165) is 24.0 Å². The first kappa shape index (κ1) is 19.2. The van der Waals surface area contributed by atoms with Crippen LogP contribution in [0.3, 0.4) is 0 Å². The van der Waals surface area contributed by atoms with Crippen LogP contribution in [0.25, 0.3) is 0 Å². The van der Waals surface area contributed by atoms with Gasteiger partial charge in [-0.25, -0.2) is 0 Å². The third-order valence-corrected chi connectivity index (χ3v) is 5.40. The molecule has 2 aromatic carbocycles. The van der Waals surface area contributed by atoms with Crippen LogP contribution in [-0.2, 0) is 16.1 Å². The van der Waals surface area contributed by atoms with Gasteiger partial charge in [-0.3, -0.25) is 9.59 Å². The Balaban J connectivity index is 1.48. The second-order valence-corrected chi connectivity index (χ2v) is 7.44. The lowest BCUT2D eigenvalue weighted by Gasteiger charge is -2.33. The van der Waals surface area contributed by atoms with Gasteiger partial charge in [-0.1, -0.05) is 60.2 Å². The number of carbonyl (C=O) groups is 2. The normalized spacial score (nSPS) is 16.0. The average molecular weight is 364 g/mol. The molecule has 2 aromatic rings. The van der Waals surface area contributed by atoms with Crippen molar-refractivity contribution in [2.24, 2.45) is 5.92 Å². The van der Waals surface area contributed by atoms with Crippen LogP contribution in [0.15, 0.2) is 54.6 Å². The molecule has 4 nitrogen and oxygen atoms in total. The quantitative estimate of drug-likeness (QED) is 0.880. The number of nitrogens with zero attached hydrogens (tertiary/aromatic N) is 1. The van der Waals surface area contributed by atoms with E-state index in [1.54, 1.807) is 0 Å². The molecule has 1 saturated heterocycles. The van der Waals surface area contributed by atoms with Gasteiger partial charge in [0, 0.05) is 25.6 Å². The summed E-state index contributed by atoms with van der Waals surface area (Å²) in [6, 6.07) is 18.0. The fourth-order valence-electron chi connectivity index (χ4n) is 3.68. The zero-order chi connectivity index (χ0) is 19.2. The van der Waals surface area contributed by atoms with Gasteiger partial charge in [0.15, 0.2) is 0 Å². The van der Waals surface area contributed by atoms with Crippen molar-refractivity contribution >= 4 is 11.8 Å². The van der Waals surface area contributed by atoms with Crippen LogP contribution >= 0.6 is 0 Å². The molecule has 1 atom stereocenters. The van der Waals surface area contributed by atoms with Crippen LogP contribution < -0.4 is 5.32 Å². The molecule has 1 unspecified atom stereocenters. The van der Waals surface area contributed by atoms with Crippen LogP contribution in [0.5, 0.6) is 0 Å². The monoisotopic (exact) mass is 364 g/mol. The van der Waals surface area contributed by atoms with Gasteiger partial charge >= 0.3 is 0 Å². The maximum absolute atomic E-state index is 12.7. The van der Waals surface area contributed by atoms with Gasteiger partial charge < -0.3 is 10.2 Å². The number of benzene rings is 2. The summed E-state index contributed by atoms with van der Waals surface area (Å²) in [6.45, 7) is 5.87. The molecule has 1 N–H and O–H groups in total. The molecule has 0 aliphatic carbocycles. The molecule has 0 saturated carbocycles. The van der Waals surface area contributed by atoms with E-state index in [1.165, 1.54) is 5.56 Å². The lowest BCUT2D eigenvalue weighted by Crippen LogP contribution is -2.44. The first-order valence-electron chi connectivity index (χ1n) is 9.71. The molecule has 0 spiro atoms. The Bertz CT molecular complexity index is 780. The number of nitrogens with one attached hydrogen (secondary N) is 1. The Morgan fingerprint density at radius 2 is 1.78 bits per heavy atom. The molecule has 2 amide bonds. The SMILES string of the molecule is Cc1cccc(CNC(=O)C2CCN(C(=O)C(C)c3ccccc3)CC2)c1. The van der Waals surface area contributed by atoms with Crippen LogP contribution in [0.4, 0.5) is 0 Å². The summed E-state index contributed by atoms with van der Waals surface area (Å²) in [4.78, 5) is 27.1. The summed E-state index contributed by atoms with van der Waals surface area (Å²) in [5, 5.41) is 3.05. The molecule has 0 aromatic heterocycles. The second-order valence-electron chi connectivity index (χ2n) is 7.44. The number of likely N-dealkylation sites (tertiary alicyclic amines) is 1. The van der Waals surface area contributed by atoms with Gasteiger partial charge in [-0.05, 0) is 37.8 Å². The summed E-state index contributed by atoms with van der Waals surface area (Å²) in [5.74, 6) is 0.100. The van der Waals surface area contributed by atoms with E-state index >= 15 is 0 Å². The van der Waals surface area contributed by atoms with Gasteiger partial charge in [-0.2, -0.15) is 0 Å². The van der Waals surface area contributed by atoms with Crippen molar-refractivity contribution in [3.8, 4) is 0 Å². The van der Waals surface area contributed by atoms with Gasteiger partial charge in [0.2, 0.25) is 11.8 Å². The molecule has 4 heteroatoms. The summed E-state index contributed by atoms with van der Waals surface area (Å²) in [7, 11) is 0. The van der Waals surface area contributed by atoms with E-state index in [-0.39, 0.29) is 23.7 Å². The maximum atomic E-state index is 12.7. The van der Waals surface area contributed by atoms with E-state index in [9.17, 15) is 9.59 Å². The number of piperidine rings is 1. The predicted octanol–water partition coefficient (Wildman–Crippen LogP) is 3.65. The Labute approximate surface area is 161 Å². The van der Waals surface area contributed by atoms with Crippen molar-refractivity contribution in [1.82, 2.24) is 10.2 Å². The van der Waals surface area contributed by atoms with Crippen molar-refractivity contribution in [2.45, 2.75) is 39.2 Å². The zero-order valence-electron chi connectivity index (χ0n) is 16.2. The van der Waals surface area contributed by atoms with E-state index in [4.69, 9.17) is 0 Å². The zero-order valence-corrected chi connectivity index (χ0v) is 16.2. The Hall–Kier alpha value is -2.62. The fraction of sp³-hybridized carbons (Fsp3) is 0.391. The summed E-state index contributed by atoms with van der Waals surface area (Å²) in [5.41, 5.74) is 3.36. The van der Waals surface area contributed by atoms with Gasteiger partial charge in [0.25, 0.3) is 0 Å². The van der Waals surface area contributed by atoms with Crippen molar-refractivity contribution in [1.29, 1.82) is 0 Å². The maximum Gasteiger partial charge on any atom is 0.229 e. The molecule has 0 radical (unpaired) electrons. The largest absolute Gasteiger partial charge is 0.352 e. The highest BCUT2D eigenvalue weighted by atomic mass is 16.2. The average Bonchev–Trinajstić information content (AvgIpc) is 2.72. The molecule has 142 valence electrons.